The predicted octanol–water partition coefficient (Wildman–Crippen LogP) is 1.75. The first-order valence-electron chi connectivity index (χ1n) is 6.19. The van der Waals surface area contributed by atoms with Crippen molar-refractivity contribution >= 4 is 5.97 Å². The van der Waals surface area contributed by atoms with Crippen LogP contribution in [0.5, 0.6) is 11.5 Å². The van der Waals surface area contributed by atoms with E-state index in [0.717, 1.165) is 29.0 Å². The molecule has 1 unspecified atom stereocenters. The van der Waals surface area contributed by atoms with E-state index >= 15 is 0 Å². The molecule has 0 radical (unpaired) electrons. The van der Waals surface area contributed by atoms with Crippen molar-refractivity contribution in [2.75, 3.05) is 14.2 Å². The van der Waals surface area contributed by atoms with Gasteiger partial charge in [-0.05, 0) is 43.4 Å². The van der Waals surface area contributed by atoms with Crippen LogP contribution >= 0.6 is 0 Å². The van der Waals surface area contributed by atoms with E-state index in [1.807, 2.05) is 19.1 Å². The van der Waals surface area contributed by atoms with Gasteiger partial charge in [-0.15, -0.1) is 0 Å². The second kappa shape index (κ2) is 6.99. The lowest BCUT2D eigenvalue weighted by Crippen LogP contribution is -2.29. The molecule has 1 aromatic rings. The number of aryl methyl sites for hydroxylation is 1. The minimum Gasteiger partial charge on any atom is -0.497 e. The van der Waals surface area contributed by atoms with Crippen LogP contribution < -0.4 is 15.2 Å². The Kier molecular flexibility index (Phi) is 5.63. The minimum atomic E-state index is -0.960. The van der Waals surface area contributed by atoms with Gasteiger partial charge in [0.2, 0.25) is 0 Å². The number of aliphatic carboxylic acids is 1. The van der Waals surface area contributed by atoms with Crippen LogP contribution in [-0.2, 0) is 11.2 Å². The molecular weight excluding hydrogens is 246 g/mol. The number of rotatable bonds is 7. The summed E-state index contributed by atoms with van der Waals surface area (Å²) < 4.78 is 10.5. The Morgan fingerprint density at radius 3 is 2.58 bits per heavy atom. The molecule has 1 rings (SSSR count). The Balaban J connectivity index is 2.75. The third kappa shape index (κ3) is 4.13. The van der Waals surface area contributed by atoms with Crippen molar-refractivity contribution in [3.8, 4) is 11.5 Å². The Hall–Kier alpha value is -1.75. The van der Waals surface area contributed by atoms with Gasteiger partial charge in [-0.1, -0.05) is 0 Å². The molecule has 0 aliphatic rings. The van der Waals surface area contributed by atoms with Gasteiger partial charge in [-0.3, -0.25) is 4.79 Å². The highest BCUT2D eigenvalue weighted by Crippen LogP contribution is 2.29. The zero-order chi connectivity index (χ0) is 14.4. The smallest absolute Gasteiger partial charge is 0.320 e. The van der Waals surface area contributed by atoms with E-state index in [2.05, 4.69) is 0 Å². The van der Waals surface area contributed by atoms with Crippen LogP contribution in [0.1, 0.15) is 24.0 Å². The molecule has 5 nitrogen and oxygen atoms in total. The average Bonchev–Trinajstić information content (AvgIpc) is 2.39. The lowest BCUT2D eigenvalue weighted by atomic mass is 9.99. The van der Waals surface area contributed by atoms with Crippen LogP contribution in [0.3, 0.4) is 0 Å². The fraction of sp³-hybridized carbons (Fsp3) is 0.500. The minimum absolute atomic E-state index is 0.448. The maximum Gasteiger partial charge on any atom is 0.320 e. The Labute approximate surface area is 113 Å². The highest BCUT2D eigenvalue weighted by Gasteiger charge is 2.13. The van der Waals surface area contributed by atoms with E-state index in [0.29, 0.717) is 12.8 Å². The number of hydrogen-bond donors (Lipinski definition) is 2. The Morgan fingerprint density at radius 2 is 2.05 bits per heavy atom. The van der Waals surface area contributed by atoms with Gasteiger partial charge in [0.25, 0.3) is 0 Å². The first kappa shape index (κ1) is 15.3. The number of benzene rings is 1. The molecule has 0 spiro atoms. The largest absolute Gasteiger partial charge is 0.497 e. The zero-order valence-electron chi connectivity index (χ0n) is 11.6. The molecule has 0 aliphatic heterocycles. The van der Waals surface area contributed by atoms with Crippen LogP contribution in [0.25, 0.3) is 0 Å². The van der Waals surface area contributed by atoms with Crippen molar-refractivity contribution < 1.29 is 19.4 Å². The molecule has 0 fully saturated rings. The highest BCUT2D eigenvalue weighted by atomic mass is 16.5. The Bertz CT molecular complexity index is 445. The molecule has 0 heterocycles. The van der Waals surface area contributed by atoms with E-state index in [4.69, 9.17) is 20.3 Å². The first-order chi connectivity index (χ1) is 8.99. The summed E-state index contributed by atoms with van der Waals surface area (Å²) in [4.78, 5) is 10.6. The summed E-state index contributed by atoms with van der Waals surface area (Å²) >= 11 is 0. The van der Waals surface area contributed by atoms with Gasteiger partial charge < -0.3 is 20.3 Å². The molecule has 1 aromatic carbocycles. The number of ether oxygens (including phenoxy) is 2. The van der Waals surface area contributed by atoms with Gasteiger partial charge in [0.15, 0.2) is 0 Å². The fourth-order valence-corrected chi connectivity index (χ4v) is 2.00. The normalized spacial score (nSPS) is 12.0. The molecule has 0 saturated heterocycles. The summed E-state index contributed by atoms with van der Waals surface area (Å²) in [6.45, 7) is 1.98. The van der Waals surface area contributed by atoms with Crippen LogP contribution in [0.2, 0.25) is 0 Å². The van der Waals surface area contributed by atoms with Crippen LogP contribution in [-0.4, -0.2) is 31.3 Å². The Morgan fingerprint density at radius 1 is 1.37 bits per heavy atom. The van der Waals surface area contributed by atoms with E-state index in [1.54, 1.807) is 14.2 Å². The highest BCUT2D eigenvalue weighted by molar-refractivity contribution is 5.72. The predicted molar refractivity (Wildman–Crippen MR) is 72.8 cm³/mol. The van der Waals surface area contributed by atoms with Crippen molar-refractivity contribution in [3.05, 3.63) is 23.3 Å². The molecule has 3 N–H and O–H groups in total. The molecule has 0 aliphatic carbocycles. The third-order valence-electron chi connectivity index (χ3n) is 3.12. The van der Waals surface area contributed by atoms with Gasteiger partial charge in [0.05, 0.1) is 14.2 Å². The summed E-state index contributed by atoms with van der Waals surface area (Å²) in [6.07, 6.45) is 1.89. The zero-order valence-corrected chi connectivity index (χ0v) is 11.6. The maximum atomic E-state index is 10.6. The second-order valence-electron chi connectivity index (χ2n) is 4.46. The number of carbonyl (C=O) groups is 1. The number of hydrogen-bond acceptors (Lipinski definition) is 4. The van der Waals surface area contributed by atoms with Crippen molar-refractivity contribution in [2.24, 2.45) is 5.73 Å². The molecule has 0 aromatic heterocycles. The van der Waals surface area contributed by atoms with E-state index in [9.17, 15) is 4.79 Å². The maximum absolute atomic E-state index is 10.6. The lowest BCUT2D eigenvalue weighted by molar-refractivity contribution is -0.138. The van der Waals surface area contributed by atoms with Gasteiger partial charge in [0, 0.05) is 6.07 Å². The third-order valence-corrected chi connectivity index (χ3v) is 3.12. The SMILES string of the molecule is COc1cc(C)c(CCCC(N)C(=O)O)c(OC)c1. The summed E-state index contributed by atoms with van der Waals surface area (Å²) in [5, 5.41) is 8.74. The van der Waals surface area contributed by atoms with Gasteiger partial charge in [-0.25, -0.2) is 0 Å². The van der Waals surface area contributed by atoms with Crippen LogP contribution in [0.15, 0.2) is 12.1 Å². The van der Waals surface area contributed by atoms with Crippen molar-refractivity contribution in [1.29, 1.82) is 0 Å². The van der Waals surface area contributed by atoms with Gasteiger partial charge in [-0.2, -0.15) is 0 Å². The van der Waals surface area contributed by atoms with E-state index in [1.165, 1.54) is 0 Å². The van der Waals surface area contributed by atoms with Crippen molar-refractivity contribution in [1.82, 2.24) is 0 Å². The van der Waals surface area contributed by atoms with Gasteiger partial charge >= 0.3 is 5.97 Å². The number of nitrogens with two attached hydrogens (primary N) is 1. The lowest BCUT2D eigenvalue weighted by Gasteiger charge is -2.14. The standard InChI is InChI=1S/C14H21NO4/c1-9-7-10(18-2)8-13(19-3)11(9)5-4-6-12(15)14(16)17/h7-8,12H,4-6,15H2,1-3H3,(H,16,17). The second-order valence-corrected chi connectivity index (χ2v) is 4.46. The van der Waals surface area contributed by atoms with Crippen molar-refractivity contribution in [3.63, 3.8) is 0 Å². The molecule has 0 amide bonds. The molecule has 0 bridgehead atoms. The van der Waals surface area contributed by atoms with E-state index in [-0.39, 0.29) is 0 Å². The van der Waals surface area contributed by atoms with Gasteiger partial charge in [0.1, 0.15) is 17.5 Å². The topological polar surface area (TPSA) is 81.8 Å². The molecule has 106 valence electrons. The number of carboxylic acid groups (broad SMARTS) is 1. The molecule has 0 saturated carbocycles. The quantitative estimate of drug-likeness (QED) is 0.786. The summed E-state index contributed by atoms with van der Waals surface area (Å²) in [6, 6.07) is 2.97. The molecule has 1 atom stereocenters. The molecular formula is C14H21NO4. The summed E-state index contributed by atoms with van der Waals surface area (Å²) in [5.74, 6) is 0.555. The molecule has 5 heteroatoms. The van der Waals surface area contributed by atoms with Crippen LogP contribution in [0.4, 0.5) is 0 Å². The fourth-order valence-electron chi connectivity index (χ4n) is 2.00. The summed E-state index contributed by atoms with van der Waals surface area (Å²) in [5.41, 5.74) is 7.62. The van der Waals surface area contributed by atoms with Crippen LogP contribution in [0, 0.1) is 6.92 Å². The van der Waals surface area contributed by atoms with E-state index < -0.39 is 12.0 Å². The summed E-state index contributed by atoms with van der Waals surface area (Å²) in [7, 11) is 3.22. The van der Waals surface area contributed by atoms with Crippen molar-refractivity contribution in [2.45, 2.75) is 32.2 Å². The molecule has 19 heavy (non-hydrogen) atoms. The number of methoxy groups -OCH3 is 2. The monoisotopic (exact) mass is 267 g/mol. The first-order valence-corrected chi connectivity index (χ1v) is 6.19. The number of carboxylic acids is 1. The average molecular weight is 267 g/mol.